The molecule has 0 aliphatic carbocycles. The lowest BCUT2D eigenvalue weighted by Crippen LogP contribution is -1.97. The fourth-order valence-corrected chi connectivity index (χ4v) is 2.16. The van der Waals surface area contributed by atoms with Crippen LogP contribution in [0.15, 0.2) is 40.5 Å². The van der Waals surface area contributed by atoms with Gasteiger partial charge in [0.15, 0.2) is 0 Å². The summed E-state index contributed by atoms with van der Waals surface area (Å²) in [6, 6.07) is 13.3. The number of nitrogens with zero attached hydrogens (tertiary/aromatic N) is 5. The van der Waals surface area contributed by atoms with Crippen LogP contribution in [-0.2, 0) is 6.54 Å². The van der Waals surface area contributed by atoms with Crippen LogP contribution in [-0.4, -0.2) is 9.78 Å². The van der Waals surface area contributed by atoms with Gasteiger partial charge in [-0.2, -0.15) is 20.9 Å². The monoisotopic (exact) mass is 351 g/mol. The predicted octanol–water partition coefficient (Wildman–Crippen LogP) is 3.66. The van der Waals surface area contributed by atoms with Crippen molar-refractivity contribution < 1.29 is 0 Å². The molecule has 2 aromatic rings. The van der Waals surface area contributed by atoms with Gasteiger partial charge >= 0.3 is 0 Å². The summed E-state index contributed by atoms with van der Waals surface area (Å²) in [6.07, 6.45) is 3.59. The summed E-state index contributed by atoms with van der Waals surface area (Å²) in [6.45, 7) is 0.461. The van der Waals surface area contributed by atoms with Crippen LogP contribution < -0.4 is 0 Å². The highest BCUT2D eigenvalue weighted by atomic mass is 79.9. The lowest BCUT2D eigenvalue weighted by Gasteiger charge is -1.99. The molecule has 0 fully saturated rings. The molecule has 0 aliphatic rings. The first kappa shape index (κ1) is 15.5. The minimum atomic E-state index is 0.0122. The highest BCUT2D eigenvalue weighted by Gasteiger charge is 2.11. The molecule has 0 aliphatic heterocycles. The summed E-state index contributed by atoms with van der Waals surface area (Å²) >= 11 is 3.38. The maximum absolute atomic E-state index is 8.92. The fourth-order valence-electron chi connectivity index (χ4n) is 1.90. The van der Waals surface area contributed by atoms with E-state index in [0.717, 1.165) is 10.0 Å². The van der Waals surface area contributed by atoms with E-state index in [1.807, 2.05) is 36.4 Å². The summed E-state index contributed by atoms with van der Waals surface area (Å²) in [4.78, 5) is 0. The quantitative estimate of drug-likeness (QED) is 0.786. The zero-order chi connectivity index (χ0) is 15.9. The maximum Gasteiger partial charge on any atom is 0.130 e. The van der Waals surface area contributed by atoms with Gasteiger partial charge in [-0.3, -0.25) is 4.68 Å². The summed E-state index contributed by atoms with van der Waals surface area (Å²) in [7, 11) is 0. The van der Waals surface area contributed by atoms with Crippen molar-refractivity contribution >= 4 is 22.0 Å². The number of hydrogen-bond donors (Lipinski definition) is 0. The molecule has 0 saturated carbocycles. The number of aromatic nitrogens is 2. The van der Waals surface area contributed by atoms with E-state index in [4.69, 9.17) is 15.8 Å². The third kappa shape index (κ3) is 3.61. The number of nitriles is 3. The molecule has 0 amide bonds. The number of rotatable bonds is 4. The van der Waals surface area contributed by atoms with E-state index in [-0.39, 0.29) is 5.57 Å². The van der Waals surface area contributed by atoms with Crippen LogP contribution in [0.4, 0.5) is 0 Å². The van der Waals surface area contributed by atoms with Gasteiger partial charge < -0.3 is 0 Å². The predicted molar refractivity (Wildman–Crippen MR) is 84.8 cm³/mol. The number of hydrogen-bond acceptors (Lipinski definition) is 4. The smallest absolute Gasteiger partial charge is 0.130 e. The zero-order valence-corrected chi connectivity index (χ0v) is 13.1. The average Bonchev–Trinajstić information content (AvgIpc) is 2.94. The van der Waals surface area contributed by atoms with Gasteiger partial charge in [-0.1, -0.05) is 28.1 Å². The molecule has 0 bridgehead atoms. The third-order valence-corrected chi connectivity index (χ3v) is 3.43. The lowest BCUT2D eigenvalue weighted by molar-refractivity contribution is 0.629. The second kappa shape index (κ2) is 7.22. The molecule has 1 heterocycles. The van der Waals surface area contributed by atoms with Crippen molar-refractivity contribution in [1.82, 2.24) is 9.78 Å². The second-order valence-electron chi connectivity index (χ2n) is 4.39. The Morgan fingerprint density at radius 3 is 2.45 bits per heavy atom. The molecule has 0 saturated heterocycles. The van der Waals surface area contributed by atoms with Crippen molar-refractivity contribution in [3.05, 3.63) is 46.1 Å². The van der Waals surface area contributed by atoms with Gasteiger partial charge in [0.2, 0.25) is 0 Å². The van der Waals surface area contributed by atoms with Crippen molar-refractivity contribution in [2.24, 2.45) is 0 Å². The van der Waals surface area contributed by atoms with Crippen LogP contribution in [0, 0.1) is 34.0 Å². The summed E-state index contributed by atoms with van der Waals surface area (Å²) in [5.41, 5.74) is 2.24. The number of allylic oxidation sites excluding steroid dienone is 1. The van der Waals surface area contributed by atoms with Gasteiger partial charge in [0.1, 0.15) is 17.7 Å². The summed E-state index contributed by atoms with van der Waals surface area (Å²) < 4.78 is 2.60. The highest BCUT2D eigenvalue weighted by molar-refractivity contribution is 9.10. The van der Waals surface area contributed by atoms with E-state index in [1.54, 1.807) is 10.9 Å². The van der Waals surface area contributed by atoms with E-state index >= 15 is 0 Å². The Morgan fingerprint density at radius 1 is 1.18 bits per heavy atom. The largest absolute Gasteiger partial charge is 0.270 e. The minimum Gasteiger partial charge on any atom is -0.270 e. The Labute approximate surface area is 136 Å². The summed E-state index contributed by atoms with van der Waals surface area (Å²) in [5.74, 6) is 0. The van der Waals surface area contributed by atoms with Gasteiger partial charge in [-0.15, -0.1) is 0 Å². The van der Waals surface area contributed by atoms with Crippen molar-refractivity contribution in [1.29, 1.82) is 15.8 Å². The molecule has 22 heavy (non-hydrogen) atoms. The van der Waals surface area contributed by atoms with Crippen LogP contribution in [0.1, 0.15) is 12.0 Å². The molecule has 106 valence electrons. The third-order valence-electron chi connectivity index (χ3n) is 2.90. The van der Waals surface area contributed by atoms with E-state index in [9.17, 15) is 0 Å². The summed E-state index contributed by atoms with van der Waals surface area (Å²) in [5, 5.41) is 31.0. The van der Waals surface area contributed by atoms with E-state index in [0.29, 0.717) is 24.2 Å². The van der Waals surface area contributed by atoms with Crippen molar-refractivity contribution in [2.75, 3.05) is 0 Å². The standard InChI is InChI=1S/C16H10BrN5/c17-15-4-2-13(3-5-15)16-14(8-12(9-19)10-20)11-22(21-16)7-1-6-18/h2-5,8,11H,1,7H2. The molecular weight excluding hydrogens is 342 g/mol. The molecule has 1 aromatic carbocycles. The van der Waals surface area contributed by atoms with Crippen LogP contribution in [0.5, 0.6) is 0 Å². The topological polar surface area (TPSA) is 89.2 Å². The molecule has 0 spiro atoms. The molecular formula is C16H10BrN5. The van der Waals surface area contributed by atoms with Crippen LogP contribution in [0.2, 0.25) is 0 Å². The molecule has 0 radical (unpaired) electrons. The van der Waals surface area contributed by atoms with Gasteiger partial charge in [-0.25, -0.2) is 0 Å². The highest BCUT2D eigenvalue weighted by Crippen LogP contribution is 2.25. The lowest BCUT2D eigenvalue weighted by atomic mass is 10.1. The Balaban J connectivity index is 2.51. The van der Waals surface area contributed by atoms with E-state index in [2.05, 4.69) is 27.1 Å². The van der Waals surface area contributed by atoms with Gasteiger partial charge in [0.25, 0.3) is 0 Å². The maximum atomic E-state index is 8.92. The molecule has 0 unspecified atom stereocenters. The first-order chi connectivity index (χ1) is 10.7. The SMILES string of the molecule is N#CCCn1cc(C=C(C#N)C#N)c(-c2ccc(Br)cc2)n1. The normalized spacial score (nSPS) is 9.36. The Kier molecular flexibility index (Phi) is 5.09. The number of halogens is 1. The fraction of sp³-hybridized carbons (Fsp3) is 0.125. The molecule has 5 nitrogen and oxygen atoms in total. The molecule has 1 aromatic heterocycles. The van der Waals surface area contributed by atoms with Gasteiger partial charge in [-0.05, 0) is 18.2 Å². The second-order valence-corrected chi connectivity index (χ2v) is 5.31. The Bertz CT molecular complexity index is 809. The van der Waals surface area contributed by atoms with Gasteiger partial charge in [0.05, 0.1) is 24.7 Å². The van der Waals surface area contributed by atoms with Crippen molar-refractivity contribution in [2.45, 2.75) is 13.0 Å². The first-order valence-corrected chi connectivity index (χ1v) is 7.19. The van der Waals surface area contributed by atoms with Crippen molar-refractivity contribution in [3.8, 4) is 29.5 Å². The van der Waals surface area contributed by atoms with Crippen LogP contribution >= 0.6 is 15.9 Å². The van der Waals surface area contributed by atoms with Crippen LogP contribution in [0.25, 0.3) is 17.3 Å². The Morgan fingerprint density at radius 2 is 1.86 bits per heavy atom. The van der Waals surface area contributed by atoms with E-state index in [1.165, 1.54) is 6.08 Å². The molecule has 6 heteroatoms. The molecule has 0 N–H and O–H groups in total. The molecule has 2 rings (SSSR count). The molecule has 0 atom stereocenters. The van der Waals surface area contributed by atoms with Gasteiger partial charge in [0, 0.05) is 21.8 Å². The average molecular weight is 352 g/mol. The van der Waals surface area contributed by atoms with Crippen LogP contribution in [0.3, 0.4) is 0 Å². The Hall–Kier alpha value is -2.88. The minimum absolute atomic E-state index is 0.0122. The first-order valence-electron chi connectivity index (χ1n) is 6.40. The van der Waals surface area contributed by atoms with E-state index < -0.39 is 0 Å². The van der Waals surface area contributed by atoms with Crippen molar-refractivity contribution in [3.63, 3.8) is 0 Å². The number of benzene rings is 1. The number of aryl methyl sites for hydroxylation is 1. The zero-order valence-electron chi connectivity index (χ0n) is 11.5.